The first-order valence-electron chi connectivity index (χ1n) is 6.11. The third-order valence-corrected chi connectivity index (χ3v) is 5.17. The molecule has 2 rings (SSSR count). The fourth-order valence-electron chi connectivity index (χ4n) is 2.01. The van der Waals surface area contributed by atoms with Crippen LogP contribution >= 0.6 is 0 Å². The summed E-state index contributed by atoms with van der Waals surface area (Å²) < 4.78 is 24.2. The summed E-state index contributed by atoms with van der Waals surface area (Å²) in [6, 6.07) is 8.91. The third-order valence-electron chi connectivity index (χ3n) is 3.17. The molecule has 1 aromatic carbocycles. The number of sulfone groups is 1. The Hall–Kier alpha value is -1.95. The van der Waals surface area contributed by atoms with Crippen molar-refractivity contribution in [3.8, 4) is 0 Å². The van der Waals surface area contributed by atoms with Gasteiger partial charge in [-0.3, -0.25) is 9.78 Å². The lowest BCUT2D eigenvalue weighted by molar-refractivity contribution is -0.136. The highest BCUT2D eigenvalue weighted by atomic mass is 32.2. The van der Waals surface area contributed by atoms with Crippen LogP contribution in [0.2, 0.25) is 0 Å². The lowest BCUT2D eigenvalue weighted by atomic mass is 10.1. The standard InChI is InChI=1S/C14H15NO4S/c1-9-7-11(8-20(18,19)10(2)14(16)17)12-5-3-4-6-13(12)15-9/h3-7,10H,8H2,1-2H3,(H,16,17). The SMILES string of the molecule is Cc1cc(CS(=O)(=O)C(C)C(=O)O)c2ccccc2n1. The number of nitrogens with zero attached hydrogens (tertiary/aromatic N) is 1. The second kappa shape index (κ2) is 5.20. The van der Waals surface area contributed by atoms with Crippen molar-refractivity contribution in [3.63, 3.8) is 0 Å². The van der Waals surface area contributed by atoms with Gasteiger partial charge in [-0.05, 0) is 31.5 Å². The van der Waals surface area contributed by atoms with Crippen molar-refractivity contribution in [3.05, 3.63) is 41.6 Å². The zero-order valence-electron chi connectivity index (χ0n) is 11.2. The molecule has 2 aromatic rings. The Kier molecular flexibility index (Phi) is 3.76. The molecule has 106 valence electrons. The smallest absolute Gasteiger partial charge is 0.321 e. The minimum absolute atomic E-state index is 0.301. The van der Waals surface area contributed by atoms with Gasteiger partial charge >= 0.3 is 5.97 Å². The number of benzene rings is 1. The van der Waals surface area contributed by atoms with E-state index in [1.165, 1.54) is 6.92 Å². The number of rotatable bonds is 4. The Bertz CT molecular complexity index is 768. The summed E-state index contributed by atoms with van der Waals surface area (Å²) in [6.07, 6.45) is 0. The number of aromatic nitrogens is 1. The zero-order chi connectivity index (χ0) is 14.9. The average molecular weight is 293 g/mol. The van der Waals surface area contributed by atoms with E-state index in [1.54, 1.807) is 31.2 Å². The molecule has 6 heteroatoms. The second-order valence-corrected chi connectivity index (χ2v) is 7.05. The zero-order valence-corrected chi connectivity index (χ0v) is 12.0. The Morgan fingerprint density at radius 2 is 2.00 bits per heavy atom. The van der Waals surface area contributed by atoms with Crippen molar-refractivity contribution in [2.75, 3.05) is 0 Å². The second-order valence-electron chi connectivity index (χ2n) is 4.73. The third kappa shape index (κ3) is 2.80. The van der Waals surface area contributed by atoms with E-state index >= 15 is 0 Å². The van der Waals surface area contributed by atoms with Crippen LogP contribution in [0.15, 0.2) is 30.3 Å². The van der Waals surface area contributed by atoms with Crippen molar-refractivity contribution in [1.82, 2.24) is 4.98 Å². The Morgan fingerprint density at radius 1 is 1.35 bits per heavy atom. The van der Waals surface area contributed by atoms with E-state index in [2.05, 4.69) is 4.98 Å². The Balaban J connectivity index is 2.52. The van der Waals surface area contributed by atoms with Gasteiger partial charge < -0.3 is 5.11 Å². The van der Waals surface area contributed by atoms with Crippen molar-refractivity contribution >= 4 is 26.7 Å². The fraction of sp³-hybridized carbons (Fsp3) is 0.286. The number of carbonyl (C=O) groups is 1. The number of carboxylic acids is 1. The van der Waals surface area contributed by atoms with Crippen LogP contribution in [0.1, 0.15) is 18.2 Å². The van der Waals surface area contributed by atoms with Crippen LogP contribution in [0.25, 0.3) is 10.9 Å². The van der Waals surface area contributed by atoms with Crippen molar-refractivity contribution in [2.45, 2.75) is 24.9 Å². The van der Waals surface area contributed by atoms with Gasteiger partial charge in [-0.1, -0.05) is 18.2 Å². The molecule has 0 aliphatic carbocycles. The molecule has 0 radical (unpaired) electrons. The summed E-state index contributed by atoms with van der Waals surface area (Å²) in [5.74, 6) is -1.63. The number of pyridine rings is 1. The van der Waals surface area contributed by atoms with E-state index < -0.39 is 21.1 Å². The van der Waals surface area contributed by atoms with Crippen LogP contribution < -0.4 is 0 Å². The van der Waals surface area contributed by atoms with Gasteiger partial charge in [0.15, 0.2) is 15.1 Å². The maximum atomic E-state index is 12.1. The number of hydrogen-bond acceptors (Lipinski definition) is 4. The molecule has 0 amide bonds. The van der Waals surface area contributed by atoms with Crippen LogP contribution in [-0.2, 0) is 20.4 Å². The normalized spacial score (nSPS) is 13.3. The molecule has 0 spiro atoms. The maximum absolute atomic E-state index is 12.1. The molecule has 0 saturated heterocycles. The number of hydrogen-bond donors (Lipinski definition) is 1. The van der Waals surface area contributed by atoms with Crippen molar-refractivity contribution < 1.29 is 18.3 Å². The number of para-hydroxylation sites is 1. The number of aliphatic carboxylic acids is 1. The molecule has 20 heavy (non-hydrogen) atoms. The fourth-order valence-corrected chi connectivity index (χ4v) is 3.24. The monoisotopic (exact) mass is 293 g/mol. The van der Waals surface area contributed by atoms with E-state index in [0.29, 0.717) is 16.8 Å². The van der Waals surface area contributed by atoms with E-state index in [1.807, 2.05) is 6.07 Å². The van der Waals surface area contributed by atoms with Crippen molar-refractivity contribution in [1.29, 1.82) is 0 Å². The van der Waals surface area contributed by atoms with Gasteiger partial charge in [0.25, 0.3) is 0 Å². The van der Waals surface area contributed by atoms with E-state index in [0.717, 1.165) is 5.39 Å². The minimum atomic E-state index is -3.75. The van der Waals surface area contributed by atoms with Gasteiger partial charge in [-0.25, -0.2) is 8.42 Å². The summed E-state index contributed by atoms with van der Waals surface area (Å²) in [4.78, 5) is 15.2. The largest absolute Gasteiger partial charge is 0.480 e. The first kappa shape index (κ1) is 14.5. The first-order valence-corrected chi connectivity index (χ1v) is 7.82. The predicted molar refractivity (Wildman–Crippen MR) is 76.2 cm³/mol. The van der Waals surface area contributed by atoms with Crippen LogP contribution in [0.5, 0.6) is 0 Å². The molecule has 0 bridgehead atoms. The molecular formula is C14H15NO4S. The van der Waals surface area contributed by atoms with Gasteiger partial charge in [0, 0.05) is 11.1 Å². The van der Waals surface area contributed by atoms with Gasteiger partial charge in [0.2, 0.25) is 0 Å². The molecule has 0 aliphatic rings. The van der Waals surface area contributed by atoms with E-state index in [9.17, 15) is 13.2 Å². The molecule has 1 aromatic heterocycles. The molecule has 0 aliphatic heterocycles. The summed E-state index contributed by atoms with van der Waals surface area (Å²) >= 11 is 0. The Morgan fingerprint density at radius 3 is 2.65 bits per heavy atom. The molecule has 0 saturated carbocycles. The number of carboxylic acid groups (broad SMARTS) is 1. The molecule has 5 nitrogen and oxygen atoms in total. The molecule has 0 fully saturated rings. The molecule has 1 unspecified atom stereocenters. The maximum Gasteiger partial charge on any atom is 0.321 e. The van der Waals surface area contributed by atoms with Gasteiger partial charge in [-0.15, -0.1) is 0 Å². The van der Waals surface area contributed by atoms with Crippen LogP contribution in [0.4, 0.5) is 0 Å². The predicted octanol–water partition coefficient (Wildman–Crippen LogP) is 1.93. The molecule has 1 atom stereocenters. The summed E-state index contributed by atoms with van der Waals surface area (Å²) in [6.45, 7) is 2.97. The average Bonchev–Trinajstić information content (AvgIpc) is 2.37. The quantitative estimate of drug-likeness (QED) is 0.931. The minimum Gasteiger partial charge on any atom is -0.480 e. The van der Waals surface area contributed by atoms with Gasteiger partial charge in [-0.2, -0.15) is 0 Å². The van der Waals surface area contributed by atoms with Crippen LogP contribution in [-0.4, -0.2) is 29.7 Å². The Labute approximate surface area is 117 Å². The van der Waals surface area contributed by atoms with Gasteiger partial charge in [0.1, 0.15) is 0 Å². The molecular weight excluding hydrogens is 278 g/mol. The lowest BCUT2D eigenvalue weighted by Crippen LogP contribution is -2.28. The molecule has 1 heterocycles. The summed E-state index contributed by atoms with van der Waals surface area (Å²) in [5, 5.41) is 8.19. The highest BCUT2D eigenvalue weighted by Crippen LogP contribution is 2.21. The highest BCUT2D eigenvalue weighted by Gasteiger charge is 2.28. The van der Waals surface area contributed by atoms with Crippen LogP contribution in [0.3, 0.4) is 0 Å². The topological polar surface area (TPSA) is 84.3 Å². The number of fused-ring (bicyclic) bond motifs is 1. The van der Waals surface area contributed by atoms with E-state index in [-0.39, 0.29) is 5.75 Å². The summed E-state index contributed by atoms with van der Waals surface area (Å²) in [5.41, 5.74) is 2.00. The highest BCUT2D eigenvalue weighted by molar-refractivity contribution is 7.92. The lowest BCUT2D eigenvalue weighted by Gasteiger charge is -2.11. The van der Waals surface area contributed by atoms with Crippen molar-refractivity contribution in [2.24, 2.45) is 0 Å². The summed E-state index contributed by atoms with van der Waals surface area (Å²) in [7, 11) is -3.75. The van der Waals surface area contributed by atoms with E-state index in [4.69, 9.17) is 5.11 Å². The van der Waals surface area contributed by atoms with Crippen LogP contribution in [0, 0.1) is 6.92 Å². The number of aryl methyl sites for hydroxylation is 1. The first-order chi connectivity index (χ1) is 9.31. The molecule has 1 N–H and O–H groups in total. The van der Waals surface area contributed by atoms with Gasteiger partial charge in [0.05, 0.1) is 11.3 Å².